The number of benzene rings is 6. The van der Waals surface area contributed by atoms with Gasteiger partial charge >= 0.3 is 0 Å². The smallest absolute Gasteiger partial charge is 0.0462 e. The summed E-state index contributed by atoms with van der Waals surface area (Å²) < 4.78 is 0. The van der Waals surface area contributed by atoms with Crippen molar-refractivity contribution in [3.8, 4) is 32.0 Å². The van der Waals surface area contributed by atoms with Crippen molar-refractivity contribution in [3.05, 3.63) is 193 Å². The van der Waals surface area contributed by atoms with Gasteiger partial charge in [0.25, 0.3) is 0 Å². The lowest BCUT2D eigenvalue weighted by molar-refractivity contribution is 1.28. The summed E-state index contributed by atoms with van der Waals surface area (Å²) in [4.78, 5) is 7.18. The van der Waals surface area contributed by atoms with Crippen LogP contribution in [0.5, 0.6) is 0 Å². The number of hydrogen-bond acceptors (Lipinski definition) is 4. The Morgan fingerprint density at radius 1 is 0.250 bits per heavy atom. The van der Waals surface area contributed by atoms with Gasteiger partial charge in [0, 0.05) is 43.9 Å². The van der Waals surface area contributed by atoms with Crippen LogP contribution in [-0.4, -0.2) is 0 Å². The van der Waals surface area contributed by atoms with Gasteiger partial charge in [-0.25, -0.2) is 0 Å². The molecule has 0 fully saturated rings. The van der Waals surface area contributed by atoms with Crippen LogP contribution in [0.3, 0.4) is 0 Å². The van der Waals surface area contributed by atoms with E-state index in [0.717, 1.165) is 34.1 Å². The third-order valence-corrected chi connectivity index (χ3v) is 10.3. The lowest BCUT2D eigenvalue weighted by Gasteiger charge is -2.26. The first-order valence-electron chi connectivity index (χ1n) is 16.0. The molecule has 0 aliphatic heterocycles. The molecular weight excluding hydrogens is 621 g/mol. The summed E-state index contributed by atoms with van der Waals surface area (Å²) in [5.74, 6) is 0. The molecule has 0 amide bonds. The second kappa shape index (κ2) is 13.6. The summed E-state index contributed by atoms with van der Waals surface area (Å²) in [6.07, 6.45) is 0. The molecule has 0 atom stereocenters. The summed E-state index contributed by atoms with van der Waals surface area (Å²) >= 11 is 3.53. The maximum absolute atomic E-state index is 2.31. The van der Waals surface area contributed by atoms with Crippen LogP contribution in [0, 0.1) is 0 Å². The predicted octanol–water partition coefficient (Wildman–Crippen LogP) is 13.8. The van der Waals surface area contributed by atoms with Crippen molar-refractivity contribution in [3.63, 3.8) is 0 Å². The molecule has 0 saturated heterocycles. The van der Waals surface area contributed by atoms with Crippen LogP contribution in [-0.2, 0) is 0 Å². The molecule has 6 aromatic carbocycles. The first kappa shape index (κ1) is 29.7. The predicted molar refractivity (Wildman–Crippen MR) is 208 cm³/mol. The first-order chi connectivity index (χ1) is 23.8. The first-order valence-corrected chi connectivity index (χ1v) is 17.7. The van der Waals surface area contributed by atoms with E-state index in [-0.39, 0.29) is 0 Å². The van der Waals surface area contributed by atoms with Gasteiger partial charge < -0.3 is 9.80 Å². The van der Waals surface area contributed by atoms with Gasteiger partial charge in [0.1, 0.15) is 0 Å². The molecule has 0 saturated carbocycles. The minimum Gasteiger partial charge on any atom is -0.311 e. The molecule has 4 heteroatoms. The van der Waals surface area contributed by atoms with Crippen LogP contribution in [0.4, 0.5) is 34.1 Å². The van der Waals surface area contributed by atoms with E-state index in [1.165, 1.54) is 32.0 Å². The van der Waals surface area contributed by atoms with E-state index in [1.807, 2.05) is 0 Å². The Morgan fingerprint density at radius 3 is 0.833 bits per heavy atom. The Labute approximate surface area is 290 Å². The maximum atomic E-state index is 2.31. The van der Waals surface area contributed by atoms with Crippen molar-refractivity contribution in [2.45, 2.75) is 0 Å². The molecule has 0 unspecified atom stereocenters. The molecule has 0 spiro atoms. The van der Waals surface area contributed by atoms with E-state index < -0.39 is 0 Å². The van der Waals surface area contributed by atoms with Crippen molar-refractivity contribution in [1.82, 2.24) is 0 Å². The minimum atomic E-state index is 1.12. The van der Waals surface area contributed by atoms with Gasteiger partial charge in [-0.1, -0.05) is 97.1 Å². The third-order valence-electron chi connectivity index (χ3n) is 8.48. The van der Waals surface area contributed by atoms with Crippen LogP contribution in [0.2, 0.25) is 0 Å². The molecule has 2 nitrogen and oxygen atoms in total. The number of hydrogen-bond donors (Lipinski definition) is 0. The Kier molecular flexibility index (Phi) is 8.41. The fraction of sp³-hybridized carbons (Fsp3) is 0. The standard InChI is InChI=1S/C44H32N2S2/c1-3-9-37(10-4-1)45(41-27-19-35(20-28-41)43-13-7-31-47-43)39-23-15-33(16-24-39)34-17-25-40(26-18-34)46(38-11-5-2-6-12-38)42-29-21-36(22-30-42)44-14-8-32-48-44/h1-32H. The van der Waals surface area contributed by atoms with Gasteiger partial charge in [0.15, 0.2) is 0 Å². The summed E-state index contributed by atoms with van der Waals surface area (Å²) in [6, 6.07) is 65.1. The normalized spacial score (nSPS) is 10.9. The quantitative estimate of drug-likeness (QED) is 0.153. The van der Waals surface area contributed by atoms with E-state index in [2.05, 4.69) is 203 Å². The molecule has 2 aromatic heterocycles. The molecule has 0 aliphatic rings. The van der Waals surface area contributed by atoms with Crippen LogP contribution in [0.15, 0.2) is 193 Å². The number of thiophene rings is 2. The SMILES string of the molecule is c1ccc(N(c2ccc(-c3ccc(N(c4ccccc4)c4ccc(-c5cccs5)cc4)cc3)cc2)c2ccc(-c3cccs3)cc2)cc1. The van der Waals surface area contributed by atoms with Crippen LogP contribution in [0.1, 0.15) is 0 Å². The molecule has 8 rings (SSSR count). The minimum absolute atomic E-state index is 1.12. The van der Waals surface area contributed by atoms with Crippen LogP contribution < -0.4 is 9.80 Å². The highest BCUT2D eigenvalue weighted by Gasteiger charge is 2.15. The lowest BCUT2D eigenvalue weighted by atomic mass is 10.0. The van der Waals surface area contributed by atoms with E-state index in [1.54, 1.807) is 22.7 Å². The van der Waals surface area contributed by atoms with Gasteiger partial charge in [-0.3, -0.25) is 0 Å². The van der Waals surface area contributed by atoms with Gasteiger partial charge in [-0.05, 0) is 118 Å². The highest BCUT2D eigenvalue weighted by molar-refractivity contribution is 7.13. The summed E-state index contributed by atoms with van der Waals surface area (Å²) in [5.41, 5.74) is 11.6. The van der Waals surface area contributed by atoms with E-state index in [9.17, 15) is 0 Å². The van der Waals surface area contributed by atoms with Crippen molar-refractivity contribution >= 4 is 56.8 Å². The zero-order valence-electron chi connectivity index (χ0n) is 26.2. The third kappa shape index (κ3) is 6.19. The fourth-order valence-corrected chi connectivity index (χ4v) is 7.56. The Morgan fingerprint density at radius 2 is 0.542 bits per heavy atom. The number of nitrogens with zero attached hydrogens (tertiary/aromatic N) is 2. The lowest BCUT2D eigenvalue weighted by Crippen LogP contribution is -2.10. The number of para-hydroxylation sites is 2. The van der Waals surface area contributed by atoms with Gasteiger partial charge in [0.05, 0.1) is 0 Å². The molecule has 8 aromatic rings. The second-order valence-electron chi connectivity index (χ2n) is 11.5. The van der Waals surface area contributed by atoms with E-state index >= 15 is 0 Å². The number of rotatable bonds is 9. The van der Waals surface area contributed by atoms with Crippen LogP contribution >= 0.6 is 22.7 Å². The Bertz CT molecular complexity index is 2010. The van der Waals surface area contributed by atoms with E-state index in [4.69, 9.17) is 0 Å². The molecular formula is C44H32N2S2. The van der Waals surface area contributed by atoms with Gasteiger partial charge in [0.2, 0.25) is 0 Å². The molecule has 230 valence electrons. The summed E-state index contributed by atoms with van der Waals surface area (Å²) in [5, 5.41) is 4.25. The zero-order valence-corrected chi connectivity index (χ0v) is 27.8. The molecule has 0 aliphatic carbocycles. The molecule has 0 N–H and O–H groups in total. The average molecular weight is 653 g/mol. The second-order valence-corrected chi connectivity index (χ2v) is 13.4. The fourth-order valence-electron chi connectivity index (χ4n) is 6.09. The maximum Gasteiger partial charge on any atom is 0.0462 e. The average Bonchev–Trinajstić information content (AvgIpc) is 3.91. The van der Waals surface area contributed by atoms with Gasteiger partial charge in [-0.2, -0.15) is 0 Å². The van der Waals surface area contributed by atoms with Crippen molar-refractivity contribution in [2.75, 3.05) is 9.80 Å². The summed E-state index contributed by atoms with van der Waals surface area (Å²) in [7, 11) is 0. The molecule has 48 heavy (non-hydrogen) atoms. The van der Waals surface area contributed by atoms with Crippen molar-refractivity contribution in [2.24, 2.45) is 0 Å². The molecule has 2 heterocycles. The van der Waals surface area contributed by atoms with Crippen molar-refractivity contribution in [1.29, 1.82) is 0 Å². The van der Waals surface area contributed by atoms with Gasteiger partial charge in [-0.15, -0.1) is 22.7 Å². The Hall–Kier alpha value is -5.68. The van der Waals surface area contributed by atoms with Crippen molar-refractivity contribution < 1.29 is 0 Å². The number of anilines is 6. The zero-order chi connectivity index (χ0) is 32.1. The monoisotopic (exact) mass is 652 g/mol. The topological polar surface area (TPSA) is 6.48 Å². The van der Waals surface area contributed by atoms with Crippen LogP contribution in [0.25, 0.3) is 32.0 Å². The highest BCUT2D eigenvalue weighted by atomic mass is 32.1. The summed E-state index contributed by atoms with van der Waals surface area (Å²) in [6.45, 7) is 0. The highest BCUT2D eigenvalue weighted by Crippen LogP contribution is 2.39. The molecule has 0 radical (unpaired) electrons. The Balaban J connectivity index is 1.08. The van der Waals surface area contributed by atoms with E-state index in [0.29, 0.717) is 0 Å². The largest absolute Gasteiger partial charge is 0.311 e. The molecule has 0 bridgehead atoms.